The van der Waals surface area contributed by atoms with Crippen LogP contribution in [0.5, 0.6) is 5.75 Å². The highest BCUT2D eigenvalue weighted by atomic mass is 19.1. The molecule has 2 aromatic rings. The van der Waals surface area contributed by atoms with Gasteiger partial charge in [-0.25, -0.2) is 8.78 Å². The van der Waals surface area contributed by atoms with E-state index in [1.165, 1.54) is 0 Å². The second-order valence-electron chi connectivity index (χ2n) is 5.96. The quantitative estimate of drug-likeness (QED) is 0.685. The van der Waals surface area contributed by atoms with E-state index in [1.807, 2.05) is 30.3 Å². The van der Waals surface area contributed by atoms with Crippen molar-refractivity contribution in [3.63, 3.8) is 0 Å². The topological polar surface area (TPSA) is 58.6 Å². The lowest BCUT2D eigenvalue weighted by Crippen LogP contribution is -2.32. The molecule has 144 valence electrons. The Labute approximate surface area is 156 Å². The molecule has 27 heavy (non-hydrogen) atoms. The zero-order chi connectivity index (χ0) is 19.6. The molecular formula is C20H22F2N2O3. The number of rotatable bonds is 9. The summed E-state index contributed by atoms with van der Waals surface area (Å²) in [6.45, 7) is 1.05. The Kier molecular flexibility index (Phi) is 7.73. The molecule has 0 saturated heterocycles. The molecule has 0 aliphatic heterocycles. The van der Waals surface area contributed by atoms with E-state index in [1.54, 1.807) is 11.9 Å². The largest absolute Gasteiger partial charge is 0.492 e. The Morgan fingerprint density at radius 2 is 1.85 bits per heavy atom. The number of nitrogens with zero attached hydrogens (tertiary/aromatic N) is 1. The Hall–Kier alpha value is -2.96. The minimum atomic E-state index is -0.915. The van der Waals surface area contributed by atoms with Crippen LogP contribution in [0.2, 0.25) is 0 Å². The molecule has 0 aliphatic carbocycles. The molecule has 0 unspecified atom stereocenters. The minimum absolute atomic E-state index is 0.0751. The van der Waals surface area contributed by atoms with Crippen LogP contribution in [0.1, 0.15) is 23.2 Å². The van der Waals surface area contributed by atoms with E-state index in [-0.39, 0.29) is 24.4 Å². The second kappa shape index (κ2) is 10.3. The lowest BCUT2D eigenvalue weighted by atomic mass is 10.2. The van der Waals surface area contributed by atoms with E-state index in [9.17, 15) is 18.4 Å². The van der Waals surface area contributed by atoms with Crippen LogP contribution in [0.3, 0.4) is 0 Å². The highest BCUT2D eigenvalue weighted by Gasteiger charge is 2.13. The predicted molar refractivity (Wildman–Crippen MR) is 97.5 cm³/mol. The lowest BCUT2D eigenvalue weighted by molar-refractivity contribution is -0.130. The third kappa shape index (κ3) is 6.69. The van der Waals surface area contributed by atoms with Crippen LogP contribution in [-0.2, 0) is 4.79 Å². The average molecular weight is 376 g/mol. The summed E-state index contributed by atoms with van der Waals surface area (Å²) in [6, 6.07) is 12.1. The van der Waals surface area contributed by atoms with Gasteiger partial charge in [-0.2, -0.15) is 0 Å². The average Bonchev–Trinajstić information content (AvgIpc) is 2.65. The number of carbonyl (C=O) groups is 2. The molecule has 0 fully saturated rings. The number of para-hydroxylation sites is 1. The fraction of sp³-hybridized carbons (Fsp3) is 0.300. The van der Waals surface area contributed by atoms with E-state index in [0.717, 1.165) is 17.9 Å². The van der Waals surface area contributed by atoms with Gasteiger partial charge in [0.15, 0.2) is 0 Å². The predicted octanol–water partition coefficient (Wildman–Crippen LogP) is 3.01. The summed E-state index contributed by atoms with van der Waals surface area (Å²) in [6.07, 6.45) is 0.658. The molecular weight excluding hydrogens is 354 g/mol. The van der Waals surface area contributed by atoms with Crippen molar-refractivity contribution in [3.8, 4) is 5.75 Å². The summed E-state index contributed by atoms with van der Waals surface area (Å²) >= 11 is 0. The molecule has 0 bridgehead atoms. The molecule has 0 heterocycles. The van der Waals surface area contributed by atoms with Gasteiger partial charge in [0.05, 0.1) is 12.1 Å². The Balaban J connectivity index is 1.64. The number of amides is 2. The molecule has 7 heteroatoms. The van der Waals surface area contributed by atoms with E-state index < -0.39 is 17.5 Å². The SMILES string of the molecule is CN(CCOc1ccccc1)C(=O)CCCNC(=O)c1ccc(F)cc1F. The number of likely N-dealkylation sites (N-methyl/N-ethyl adjacent to an activating group) is 1. The van der Waals surface area contributed by atoms with Gasteiger partial charge in [-0.15, -0.1) is 0 Å². The molecule has 0 spiro atoms. The van der Waals surface area contributed by atoms with Crippen LogP contribution in [0.25, 0.3) is 0 Å². The van der Waals surface area contributed by atoms with E-state index in [4.69, 9.17) is 4.74 Å². The Morgan fingerprint density at radius 1 is 1.11 bits per heavy atom. The van der Waals surface area contributed by atoms with Gasteiger partial charge in [-0.3, -0.25) is 9.59 Å². The van der Waals surface area contributed by atoms with Gasteiger partial charge in [0.2, 0.25) is 5.91 Å². The van der Waals surface area contributed by atoms with Crippen LogP contribution in [0.4, 0.5) is 8.78 Å². The summed E-state index contributed by atoms with van der Waals surface area (Å²) in [5.41, 5.74) is -0.224. The van der Waals surface area contributed by atoms with Crippen LogP contribution >= 0.6 is 0 Å². The molecule has 5 nitrogen and oxygen atoms in total. The van der Waals surface area contributed by atoms with Crippen molar-refractivity contribution in [2.24, 2.45) is 0 Å². The molecule has 1 N–H and O–H groups in total. The van der Waals surface area contributed by atoms with E-state index >= 15 is 0 Å². The molecule has 2 rings (SSSR count). The van der Waals surface area contributed by atoms with Crippen molar-refractivity contribution < 1.29 is 23.1 Å². The number of hydrogen-bond acceptors (Lipinski definition) is 3. The smallest absolute Gasteiger partial charge is 0.254 e. The third-order valence-corrected chi connectivity index (χ3v) is 3.89. The van der Waals surface area contributed by atoms with Crippen LogP contribution in [0, 0.1) is 11.6 Å². The number of ether oxygens (including phenoxy) is 1. The maximum Gasteiger partial charge on any atom is 0.254 e. The summed E-state index contributed by atoms with van der Waals surface area (Å²) in [5.74, 6) is -1.62. The first kappa shape index (κ1) is 20.4. The van der Waals surface area contributed by atoms with E-state index in [0.29, 0.717) is 25.6 Å². The number of hydrogen-bond donors (Lipinski definition) is 1. The van der Waals surface area contributed by atoms with Gasteiger partial charge in [0.1, 0.15) is 24.0 Å². The van der Waals surface area contributed by atoms with Gasteiger partial charge in [0, 0.05) is 26.1 Å². The maximum absolute atomic E-state index is 13.5. The van der Waals surface area contributed by atoms with Crippen LogP contribution in [0.15, 0.2) is 48.5 Å². The summed E-state index contributed by atoms with van der Waals surface area (Å²) in [7, 11) is 1.68. The standard InChI is InChI=1S/C20H22F2N2O3/c1-24(12-13-27-16-6-3-2-4-7-16)19(25)8-5-11-23-20(26)17-10-9-15(21)14-18(17)22/h2-4,6-7,9-10,14H,5,8,11-13H2,1H3,(H,23,26). The lowest BCUT2D eigenvalue weighted by Gasteiger charge is -2.17. The van der Waals surface area contributed by atoms with Gasteiger partial charge >= 0.3 is 0 Å². The molecule has 0 radical (unpaired) electrons. The fourth-order valence-electron chi connectivity index (χ4n) is 2.34. The van der Waals surface area contributed by atoms with Crippen molar-refractivity contribution >= 4 is 11.8 Å². The van der Waals surface area contributed by atoms with E-state index in [2.05, 4.69) is 5.32 Å². The summed E-state index contributed by atoms with van der Waals surface area (Å²) in [4.78, 5) is 25.5. The highest BCUT2D eigenvalue weighted by molar-refractivity contribution is 5.94. The molecule has 0 aromatic heterocycles. The Bertz CT molecular complexity index is 769. The zero-order valence-electron chi connectivity index (χ0n) is 15.1. The Morgan fingerprint density at radius 3 is 2.56 bits per heavy atom. The monoisotopic (exact) mass is 376 g/mol. The second-order valence-corrected chi connectivity index (χ2v) is 5.96. The molecule has 2 amide bonds. The number of halogens is 2. The van der Waals surface area contributed by atoms with Crippen LogP contribution in [-0.4, -0.2) is 43.5 Å². The van der Waals surface area contributed by atoms with Gasteiger partial charge in [0.25, 0.3) is 5.91 Å². The van der Waals surface area contributed by atoms with Gasteiger partial charge in [-0.1, -0.05) is 18.2 Å². The zero-order valence-corrected chi connectivity index (χ0v) is 15.1. The van der Waals surface area contributed by atoms with Crippen LogP contribution < -0.4 is 10.1 Å². The number of benzene rings is 2. The minimum Gasteiger partial charge on any atom is -0.492 e. The number of carbonyl (C=O) groups excluding carboxylic acids is 2. The van der Waals surface area contributed by atoms with Crippen molar-refractivity contribution in [2.45, 2.75) is 12.8 Å². The first-order chi connectivity index (χ1) is 13.0. The van der Waals surface area contributed by atoms with Crippen molar-refractivity contribution in [3.05, 3.63) is 65.7 Å². The van der Waals surface area contributed by atoms with Gasteiger partial charge in [-0.05, 0) is 30.7 Å². The normalized spacial score (nSPS) is 10.3. The maximum atomic E-state index is 13.5. The molecule has 2 aromatic carbocycles. The number of nitrogens with one attached hydrogen (secondary N) is 1. The third-order valence-electron chi connectivity index (χ3n) is 3.89. The highest BCUT2D eigenvalue weighted by Crippen LogP contribution is 2.10. The first-order valence-corrected chi connectivity index (χ1v) is 8.62. The molecule has 0 atom stereocenters. The summed E-state index contributed by atoms with van der Waals surface area (Å²) < 4.78 is 31.9. The molecule has 0 saturated carbocycles. The summed E-state index contributed by atoms with van der Waals surface area (Å²) in [5, 5.41) is 2.52. The molecule has 0 aliphatic rings. The van der Waals surface area contributed by atoms with Gasteiger partial charge < -0.3 is 15.0 Å². The fourth-order valence-corrected chi connectivity index (χ4v) is 2.34. The van der Waals surface area contributed by atoms with Crippen molar-refractivity contribution in [1.82, 2.24) is 10.2 Å². The van der Waals surface area contributed by atoms with Crippen molar-refractivity contribution in [2.75, 3.05) is 26.7 Å². The van der Waals surface area contributed by atoms with Crippen molar-refractivity contribution in [1.29, 1.82) is 0 Å². The first-order valence-electron chi connectivity index (χ1n) is 8.62.